The van der Waals surface area contributed by atoms with E-state index in [1.54, 1.807) is 4.90 Å². The Morgan fingerprint density at radius 1 is 1.37 bits per heavy atom. The second-order valence-electron chi connectivity index (χ2n) is 7.99. The Kier molecular flexibility index (Phi) is 4.42. The maximum absolute atomic E-state index is 13.1. The van der Waals surface area contributed by atoms with Gasteiger partial charge in [-0.25, -0.2) is 4.79 Å². The molecule has 0 bridgehead atoms. The third kappa shape index (κ3) is 2.90. The molecule has 1 aliphatic carbocycles. The largest absolute Gasteiger partial charge is 0.341 e. The number of hydrogen-bond acceptors (Lipinski definition) is 4. The first-order valence-corrected chi connectivity index (χ1v) is 9.68. The average Bonchev–Trinajstić information content (AvgIpc) is 3.15. The van der Waals surface area contributed by atoms with Gasteiger partial charge in [0.05, 0.1) is 0 Å². The number of nitrogens with two attached hydrogens (primary N) is 1. The lowest BCUT2D eigenvalue weighted by Gasteiger charge is -2.35. The molecule has 0 radical (unpaired) electrons. The first-order chi connectivity index (χ1) is 12.9. The Morgan fingerprint density at radius 3 is 2.93 bits per heavy atom. The standard InChI is InChI=1S/C20H26N4O3/c1-13(21)15-6-4-10-23(11-15)17(25)12-24-18(26)20(22-19(24)27)9-8-14-5-2-3-7-16(14)20/h2-3,5,7,13,15H,4,6,8-12,21H2,1H3,(H,22,27). The fraction of sp³-hybridized carbons (Fsp3) is 0.550. The first kappa shape index (κ1) is 18.0. The van der Waals surface area contributed by atoms with Crippen molar-refractivity contribution in [3.05, 3.63) is 35.4 Å². The number of piperidine rings is 1. The van der Waals surface area contributed by atoms with Crippen molar-refractivity contribution in [2.45, 2.75) is 44.2 Å². The zero-order valence-electron chi connectivity index (χ0n) is 15.6. The summed E-state index contributed by atoms with van der Waals surface area (Å²) in [5.74, 6) is -0.238. The molecule has 1 aromatic carbocycles. The molecule has 3 unspecified atom stereocenters. The summed E-state index contributed by atoms with van der Waals surface area (Å²) in [4.78, 5) is 41.3. The lowest BCUT2D eigenvalue weighted by Crippen LogP contribution is -2.49. The number of nitrogens with zero attached hydrogens (tertiary/aromatic N) is 2. The molecule has 3 N–H and O–H groups in total. The van der Waals surface area contributed by atoms with Gasteiger partial charge in [-0.15, -0.1) is 0 Å². The molecule has 2 heterocycles. The molecule has 4 amide bonds. The second kappa shape index (κ2) is 6.64. The van der Waals surface area contributed by atoms with Gasteiger partial charge in [-0.3, -0.25) is 14.5 Å². The van der Waals surface area contributed by atoms with Crippen LogP contribution in [0.3, 0.4) is 0 Å². The van der Waals surface area contributed by atoms with E-state index in [9.17, 15) is 14.4 Å². The fourth-order valence-electron chi connectivity index (χ4n) is 4.63. The molecule has 144 valence electrons. The number of likely N-dealkylation sites (tertiary alicyclic amines) is 1. The monoisotopic (exact) mass is 370 g/mol. The Hall–Kier alpha value is -2.41. The Labute approximate surface area is 158 Å². The lowest BCUT2D eigenvalue weighted by atomic mass is 9.91. The molecule has 2 fully saturated rings. The zero-order valence-corrected chi connectivity index (χ0v) is 15.6. The topological polar surface area (TPSA) is 95.7 Å². The van der Waals surface area contributed by atoms with Gasteiger partial charge in [0.15, 0.2) is 0 Å². The Morgan fingerprint density at radius 2 is 2.15 bits per heavy atom. The van der Waals surface area contributed by atoms with Gasteiger partial charge < -0.3 is 16.0 Å². The van der Waals surface area contributed by atoms with Gasteiger partial charge in [0.1, 0.15) is 12.1 Å². The molecule has 3 aliphatic rings. The van der Waals surface area contributed by atoms with Crippen molar-refractivity contribution in [1.29, 1.82) is 0 Å². The van der Waals surface area contributed by atoms with Crippen molar-refractivity contribution >= 4 is 17.8 Å². The number of imide groups is 1. The van der Waals surface area contributed by atoms with Crippen LogP contribution in [0, 0.1) is 5.92 Å². The van der Waals surface area contributed by atoms with Crippen molar-refractivity contribution in [3.8, 4) is 0 Å². The molecule has 7 nitrogen and oxygen atoms in total. The minimum absolute atomic E-state index is 0.0237. The number of urea groups is 1. The number of nitrogens with one attached hydrogen (secondary N) is 1. The van der Waals surface area contributed by atoms with Crippen LogP contribution in [-0.4, -0.2) is 53.3 Å². The van der Waals surface area contributed by atoms with Crippen molar-refractivity contribution in [1.82, 2.24) is 15.1 Å². The quantitative estimate of drug-likeness (QED) is 0.775. The summed E-state index contributed by atoms with van der Waals surface area (Å²) in [5, 5.41) is 2.87. The molecule has 1 aromatic rings. The number of amides is 4. The summed E-state index contributed by atoms with van der Waals surface area (Å²) in [7, 11) is 0. The van der Waals surface area contributed by atoms with Crippen LogP contribution < -0.4 is 11.1 Å². The van der Waals surface area contributed by atoms with Crippen LogP contribution in [0.5, 0.6) is 0 Å². The van der Waals surface area contributed by atoms with E-state index in [4.69, 9.17) is 5.73 Å². The van der Waals surface area contributed by atoms with Crippen molar-refractivity contribution in [2.75, 3.05) is 19.6 Å². The normalized spacial score (nSPS) is 28.4. The Bertz CT molecular complexity index is 793. The van der Waals surface area contributed by atoms with E-state index in [0.717, 1.165) is 35.3 Å². The summed E-state index contributed by atoms with van der Waals surface area (Å²) in [6.07, 6.45) is 3.18. The van der Waals surface area contributed by atoms with Gasteiger partial charge in [-0.05, 0) is 49.7 Å². The van der Waals surface area contributed by atoms with Gasteiger partial charge in [0.2, 0.25) is 5.91 Å². The minimum Gasteiger partial charge on any atom is -0.341 e. The molecule has 2 aliphatic heterocycles. The number of benzene rings is 1. The van der Waals surface area contributed by atoms with E-state index in [-0.39, 0.29) is 30.3 Å². The van der Waals surface area contributed by atoms with Gasteiger partial charge in [0.25, 0.3) is 5.91 Å². The van der Waals surface area contributed by atoms with Crippen LogP contribution in [0.25, 0.3) is 0 Å². The minimum atomic E-state index is -1.01. The SMILES string of the molecule is CC(N)C1CCCN(C(=O)CN2C(=O)NC3(CCc4ccccc43)C2=O)C1. The molecule has 27 heavy (non-hydrogen) atoms. The highest BCUT2D eigenvalue weighted by Crippen LogP contribution is 2.41. The van der Waals surface area contributed by atoms with E-state index < -0.39 is 11.6 Å². The summed E-state index contributed by atoms with van der Waals surface area (Å²) < 4.78 is 0. The highest BCUT2D eigenvalue weighted by Gasteiger charge is 2.55. The first-order valence-electron chi connectivity index (χ1n) is 9.68. The van der Waals surface area contributed by atoms with E-state index in [1.807, 2.05) is 31.2 Å². The van der Waals surface area contributed by atoms with E-state index >= 15 is 0 Å². The average molecular weight is 370 g/mol. The van der Waals surface area contributed by atoms with Gasteiger partial charge in [-0.2, -0.15) is 0 Å². The third-order valence-corrected chi connectivity index (χ3v) is 6.27. The van der Waals surface area contributed by atoms with Crippen molar-refractivity contribution in [3.63, 3.8) is 0 Å². The lowest BCUT2D eigenvalue weighted by molar-refractivity contribution is -0.140. The molecule has 0 saturated carbocycles. The van der Waals surface area contributed by atoms with E-state index in [1.165, 1.54) is 0 Å². The number of hydrogen-bond donors (Lipinski definition) is 2. The molecule has 4 rings (SSSR count). The molecule has 3 atom stereocenters. The van der Waals surface area contributed by atoms with Gasteiger partial charge >= 0.3 is 6.03 Å². The van der Waals surface area contributed by atoms with Gasteiger partial charge in [0, 0.05) is 19.1 Å². The molecule has 2 saturated heterocycles. The summed E-state index contributed by atoms with van der Waals surface area (Å²) in [6, 6.07) is 7.23. The number of rotatable bonds is 3. The van der Waals surface area contributed by atoms with Crippen LogP contribution in [0.2, 0.25) is 0 Å². The van der Waals surface area contributed by atoms with Crippen LogP contribution in [0.1, 0.15) is 37.3 Å². The zero-order chi connectivity index (χ0) is 19.2. The molecule has 7 heteroatoms. The Balaban J connectivity index is 1.50. The van der Waals surface area contributed by atoms with E-state index in [0.29, 0.717) is 19.5 Å². The maximum Gasteiger partial charge on any atom is 0.325 e. The molecule has 0 aromatic heterocycles. The third-order valence-electron chi connectivity index (χ3n) is 6.27. The van der Waals surface area contributed by atoms with Crippen LogP contribution in [0.15, 0.2) is 24.3 Å². The van der Waals surface area contributed by atoms with Crippen molar-refractivity contribution < 1.29 is 14.4 Å². The van der Waals surface area contributed by atoms with E-state index in [2.05, 4.69) is 5.32 Å². The summed E-state index contributed by atoms with van der Waals surface area (Å²) in [5.41, 5.74) is 6.92. The molecular formula is C20H26N4O3. The summed E-state index contributed by atoms with van der Waals surface area (Å²) >= 11 is 0. The van der Waals surface area contributed by atoms with Crippen LogP contribution in [0.4, 0.5) is 4.79 Å². The van der Waals surface area contributed by atoms with Crippen LogP contribution in [-0.2, 0) is 21.5 Å². The number of aryl methyl sites for hydroxylation is 1. The smallest absolute Gasteiger partial charge is 0.325 e. The van der Waals surface area contributed by atoms with Crippen LogP contribution >= 0.6 is 0 Å². The molecule has 1 spiro atoms. The predicted octanol–water partition coefficient (Wildman–Crippen LogP) is 0.966. The number of carbonyl (C=O) groups excluding carboxylic acids is 3. The highest BCUT2D eigenvalue weighted by molar-refractivity contribution is 6.09. The van der Waals surface area contributed by atoms with Crippen molar-refractivity contribution in [2.24, 2.45) is 11.7 Å². The number of fused-ring (bicyclic) bond motifs is 2. The fourth-order valence-corrected chi connectivity index (χ4v) is 4.63. The summed E-state index contributed by atoms with van der Waals surface area (Å²) in [6.45, 7) is 2.99. The predicted molar refractivity (Wildman–Crippen MR) is 99.6 cm³/mol. The van der Waals surface area contributed by atoms with Gasteiger partial charge in [-0.1, -0.05) is 24.3 Å². The molecular weight excluding hydrogens is 344 g/mol. The maximum atomic E-state index is 13.1. The second-order valence-corrected chi connectivity index (χ2v) is 7.99. The number of carbonyl (C=O) groups is 3. The highest BCUT2D eigenvalue weighted by atomic mass is 16.2.